The number of hydrogen-bond acceptors (Lipinski definition) is 3. The standard InChI is InChI=1S/C25H30ClNO3/c1-24-12-11-22(30)27(14-15-3-5-16(26)6-4-15)20(24)9-7-17-18-8-10-21(29)25(18,2)13-19(28)23(17)24/h3-6,17-18,20,23H,7-14H2,1-2H3/t17?,18-,20?,23+,24?,25-/m0/s1. The van der Waals surface area contributed by atoms with Gasteiger partial charge in [-0.25, -0.2) is 0 Å². The number of carbonyl (C=O) groups excluding carboxylic acids is 3. The molecule has 0 radical (unpaired) electrons. The molecule has 0 bridgehead atoms. The quantitative estimate of drug-likeness (QED) is 0.679. The molecule has 3 aliphatic carbocycles. The zero-order valence-electron chi connectivity index (χ0n) is 17.8. The van der Waals surface area contributed by atoms with Crippen LogP contribution in [0.4, 0.5) is 0 Å². The molecule has 6 atom stereocenters. The molecule has 4 aliphatic rings. The van der Waals surface area contributed by atoms with Crippen molar-refractivity contribution in [1.82, 2.24) is 4.90 Å². The van der Waals surface area contributed by atoms with E-state index in [4.69, 9.17) is 11.6 Å². The zero-order chi connectivity index (χ0) is 21.3. The highest BCUT2D eigenvalue weighted by Crippen LogP contribution is 2.62. The lowest BCUT2D eigenvalue weighted by molar-refractivity contribution is -0.171. The van der Waals surface area contributed by atoms with E-state index < -0.39 is 5.41 Å². The summed E-state index contributed by atoms with van der Waals surface area (Å²) >= 11 is 6.03. The van der Waals surface area contributed by atoms with Gasteiger partial charge in [0.1, 0.15) is 11.6 Å². The van der Waals surface area contributed by atoms with Crippen molar-refractivity contribution in [1.29, 1.82) is 0 Å². The maximum Gasteiger partial charge on any atom is 0.223 e. The van der Waals surface area contributed by atoms with Gasteiger partial charge in [0.15, 0.2) is 0 Å². The molecule has 1 heterocycles. The molecule has 3 saturated carbocycles. The van der Waals surface area contributed by atoms with Gasteiger partial charge in [-0.1, -0.05) is 37.6 Å². The van der Waals surface area contributed by atoms with E-state index in [1.807, 2.05) is 36.1 Å². The van der Waals surface area contributed by atoms with Crippen LogP contribution < -0.4 is 0 Å². The Morgan fingerprint density at radius 2 is 1.77 bits per heavy atom. The first-order valence-electron chi connectivity index (χ1n) is 11.3. The van der Waals surface area contributed by atoms with Gasteiger partial charge in [-0.3, -0.25) is 14.4 Å². The Kier molecular flexibility index (Phi) is 4.66. The Hall–Kier alpha value is -1.68. The van der Waals surface area contributed by atoms with Crippen molar-refractivity contribution >= 4 is 29.1 Å². The molecule has 1 aromatic rings. The van der Waals surface area contributed by atoms with E-state index in [2.05, 4.69) is 6.92 Å². The van der Waals surface area contributed by atoms with Crippen molar-refractivity contribution in [2.75, 3.05) is 0 Å². The van der Waals surface area contributed by atoms with E-state index in [9.17, 15) is 14.4 Å². The van der Waals surface area contributed by atoms with Gasteiger partial charge >= 0.3 is 0 Å². The van der Waals surface area contributed by atoms with Crippen LogP contribution in [-0.4, -0.2) is 28.4 Å². The van der Waals surface area contributed by atoms with Gasteiger partial charge in [-0.15, -0.1) is 0 Å². The van der Waals surface area contributed by atoms with Crippen LogP contribution in [0.5, 0.6) is 0 Å². The number of amides is 1. The fraction of sp³-hybridized carbons (Fsp3) is 0.640. The van der Waals surface area contributed by atoms with E-state index in [0.29, 0.717) is 36.7 Å². The Labute approximate surface area is 183 Å². The van der Waals surface area contributed by atoms with Crippen LogP contribution in [0.15, 0.2) is 24.3 Å². The van der Waals surface area contributed by atoms with Gasteiger partial charge in [0.2, 0.25) is 5.91 Å². The Morgan fingerprint density at radius 1 is 1.03 bits per heavy atom. The van der Waals surface area contributed by atoms with Crippen LogP contribution in [0.25, 0.3) is 0 Å². The maximum absolute atomic E-state index is 13.5. The highest BCUT2D eigenvalue weighted by Gasteiger charge is 2.64. The average Bonchev–Trinajstić information content (AvgIpc) is 3.00. The smallest absolute Gasteiger partial charge is 0.223 e. The van der Waals surface area contributed by atoms with Crippen LogP contribution in [-0.2, 0) is 20.9 Å². The molecule has 1 aromatic carbocycles. The number of likely N-dealkylation sites (tertiary alicyclic amines) is 1. The lowest BCUT2D eigenvalue weighted by Gasteiger charge is -2.60. The fourth-order valence-corrected chi connectivity index (χ4v) is 7.71. The van der Waals surface area contributed by atoms with E-state index >= 15 is 0 Å². The summed E-state index contributed by atoms with van der Waals surface area (Å²) in [6.07, 6.45) is 5.08. The molecule has 5 rings (SSSR count). The van der Waals surface area contributed by atoms with Crippen molar-refractivity contribution in [2.45, 2.75) is 71.4 Å². The molecule has 5 heteroatoms. The first-order chi connectivity index (χ1) is 14.2. The van der Waals surface area contributed by atoms with Crippen LogP contribution in [0.3, 0.4) is 0 Å². The molecule has 0 N–H and O–H groups in total. The number of nitrogens with zero attached hydrogens (tertiary/aromatic N) is 1. The van der Waals surface area contributed by atoms with Gasteiger partial charge < -0.3 is 4.90 Å². The molecule has 3 unspecified atom stereocenters. The Morgan fingerprint density at radius 3 is 2.50 bits per heavy atom. The number of rotatable bonds is 2. The van der Waals surface area contributed by atoms with Crippen molar-refractivity contribution in [3.63, 3.8) is 0 Å². The zero-order valence-corrected chi connectivity index (χ0v) is 18.6. The minimum atomic E-state index is -0.449. The predicted octanol–water partition coefficient (Wildman–Crippen LogP) is 4.82. The summed E-state index contributed by atoms with van der Waals surface area (Å²) in [6, 6.07) is 7.78. The summed E-state index contributed by atoms with van der Waals surface area (Å²) in [5.41, 5.74) is 0.422. The second kappa shape index (κ2) is 6.91. The summed E-state index contributed by atoms with van der Waals surface area (Å²) in [7, 11) is 0. The number of piperidine rings is 1. The molecule has 1 aliphatic heterocycles. The molecule has 30 heavy (non-hydrogen) atoms. The molecule has 4 nitrogen and oxygen atoms in total. The number of fused-ring (bicyclic) bond motifs is 5. The molecule has 1 saturated heterocycles. The van der Waals surface area contributed by atoms with Gasteiger partial charge in [0.05, 0.1) is 0 Å². The monoisotopic (exact) mass is 427 g/mol. The number of Topliss-reactive ketones (excluding diaryl/α,β-unsaturated/α-hetero) is 2. The number of benzene rings is 1. The van der Waals surface area contributed by atoms with Crippen LogP contribution in [0, 0.1) is 28.6 Å². The van der Waals surface area contributed by atoms with Crippen molar-refractivity contribution < 1.29 is 14.4 Å². The van der Waals surface area contributed by atoms with Crippen LogP contribution in [0.1, 0.15) is 64.4 Å². The first kappa shape index (κ1) is 20.2. The molecule has 1 amide bonds. The maximum atomic E-state index is 13.5. The van der Waals surface area contributed by atoms with E-state index in [1.165, 1.54) is 0 Å². The van der Waals surface area contributed by atoms with Gasteiger partial charge in [0.25, 0.3) is 0 Å². The molecule has 4 fully saturated rings. The normalized spacial score (nSPS) is 40.8. The summed E-state index contributed by atoms with van der Waals surface area (Å²) in [5, 5.41) is 0.691. The third-order valence-electron chi connectivity index (χ3n) is 9.06. The second-order valence-corrected chi connectivity index (χ2v) is 11.0. The number of ketones is 2. The minimum Gasteiger partial charge on any atom is -0.335 e. The summed E-state index contributed by atoms with van der Waals surface area (Å²) in [6.45, 7) is 4.85. The van der Waals surface area contributed by atoms with E-state index in [1.54, 1.807) is 0 Å². The first-order valence-corrected chi connectivity index (χ1v) is 11.7. The number of hydrogen-bond donors (Lipinski definition) is 0. The summed E-state index contributed by atoms with van der Waals surface area (Å²) in [4.78, 5) is 41.1. The summed E-state index contributed by atoms with van der Waals surface area (Å²) < 4.78 is 0. The van der Waals surface area contributed by atoms with E-state index in [0.717, 1.165) is 31.2 Å². The van der Waals surface area contributed by atoms with Gasteiger partial charge in [-0.05, 0) is 60.6 Å². The molecule has 0 aromatic heterocycles. The molecule has 0 spiro atoms. The predicted molar refractivity (Wildman–Crippen MR) is 115 cm³/mol. The van der Waals surface area contributed by atoms with E-state index in [-0.39, 0.29) is 40.8 Å². The van der Waals surface area contributed by atoms with Crippen LogP contribution in [0.2, 0.25) is 5.02 Å². The van der Waals surface area contributed by atoms with Crippen molar-refractivity contribution in [3.8, 4) is 0 Å². The number of halogens is 1. The summed E-state index contributed by atoms with van der Waals surface area (Å²) in [5.74, 6) is 1.33. The van der Waals surface area contributed by atoms with Gasteiger partial charge in [0, 0.05) is 48.2 Å². The second-order valence-electron chi connectivity index (χ2n) is 10.5. The van der Waals surface area contributed by atoms with Gasteiger partial charge in [-0.2, -0.15) is 0 Å². The number of carbonyl (C=O) groups is 3. The SMILES string of the molecule is CC12CCC(=O)N(Cc3ccc(Cl)cc3)C1CCC1[C@@H]2C(=O)C[C@]2(C)C(=O)CC[C@@H]12. The Balaban J connectivity index is 1.47. The topological polar surface area (TPSA) is 54.5 Å². The lowest BCUT2D eigenvalue weighted by atomic mass is 9.47. The highest BCUT2D eigenvalue weighted by atomic mass is 35.5. The highest BCUT2D eigenvalue weighted by molar-refractivity contribution is 6.30. The Bertz CT molecular complexity index is 911. The van der Waals surface area contributed by atoms with Crippen molar-refractivity contribution in [2.24, 2.45) is 28.6 Å². The molecular formula is C25H30ClNO3. The average molecular weight is 428 g/mol. The minimum absolute atomic E-state index is 0.0268. The third-order valence-corrected chi connectivity index (χ3v) is 9.31. The largest absolute Gasteiger partial charge is 0.335 e. The third kappa shape index (κ3) is 2.82. The molecule has 160 valence electrons. The fourth-order valence-electron chi connectivity index (χ4n) is 7.58. The van der Waals surface area contributed by atoms with Crippen LogP contribution >= 0.6 is 11.6 Å². The molecular weight excluding hydrogens is 398 g/mol. The lowest BCUT2D eigenvalue weighted by Crippen LogP contribution is -2.64. The van der Waals surface area contributed by atoms with Crippen molar-refractivity contribution in [3.05, 3.63) is 34.9 Å².